The van der Waals surface area contributed by atoms with Crippen molar-refractivity contribution >= 4 is 0 Å². The molecule has 2 fully saturated rings. The van der Waals surface area contributed by atoms with Crippen LogP contribution in [0, 0.1) is 0 Å². The van der Waals surface area contributed by atoms with E-state index in [0.717, 1.165) is 18.6 Å². The van der Waals surface area contributed by atoms with Gasteiger partial charge in [-0.1, -0.05) is 0 Å². The molecule has 1 saturated carbocycles. The zero-order chi connectivity index (χ0) is 11.4. The lowest BCUT2D eigenvalue weighted by Gasteiger charge is -2.41. The van der Waals surface area contributed by atoms with Crippen LogP contribution in [-0.4, -0.2) is 50.3 Å². The molecule has 0 aromatic carbocycles. The highest BCUT2D eigenvalue weighted by molar-refractivity contribution is 4.85. The lowest BCUT2D eigenvalue weighted by atomic mass is 9.89. The topological polar surface area (TPSA) is 24.5 Å². The Morgan fingerprint density at radius 3 is 2.50 bits per heavy atom. The van der Waals surface area contributed by atoms with Gasteiger partial charge in [0.2, 0.25) is 0 Å². The maximum atomic E-state index is 5.50. The van der Waals surface area contributed by atoms with Crippen LogP contribution >= 0.6 is 0 Å². The molecule has 16 heavy (non-hydrogen) atoms. The number of likely N-dealkylation sites (tertiary alicyclic amines) is 1. The van der Waals surface area contributed by atoms with Crippen LogP contribution in [0.15, 0.2) is 0 Å². The molecule has 94 valence electrons. The largest absolute Gasteiger partial charge is 0.380 e. The number of hydrogen-bond donors (Lipinski definition) is 1. The molecule has 1 atom stereocenters. The standard InChI is InChI=1S/C13H26N2O/c1-14-11-5-7-12(8-6-11)15-9-3-4-13(10-15)16-2/h11-14H,3-10H2,1-2H3. The van der Waals surface area contributed by atoms with Crippen molar-refractivity contribution in [3.8, 4) is 0 Å². The SMILES string of the molecule is CNC1CCC(N2CCCC(OC)C2)CC1. The first-order valence-corrected chi connectivity index (χ1v) is 6.77. The van der Waals surface area contributed by atoms with Crippen molar-refractivity contribution in [1.82, 2.24) is 10.2 Å². The van der Waals surface area contributed by atoms with Gasteiger partial charge in [-0.25, -0.2) is 0 Å². The lowest BCUT2D eigenvalue weighted by Crippen LogP contribution is -2.47. The molecule has 1 unspecified atom stereocenters. The number of nitrogens with zero attached hydrogens (tertiary/aromatic N) is 1. The molecule has 1 aliphatic heterocycles. The number of methoxy groups -OCH3 is 1. The van der Waals surface area contributed by atoms with Crippen molar-refractivity contribution in [3.05, 3.63) is 0 Å². The molecular formula is C13H26N2O. The Morgan fingerprint density at radius 2 is 1.88 bits per heavy atom. The van der Waals surface area contributed by atoms with Gasteiger partial charge in [-0.15, -0.1) is 0 Å². The minimum Gasteiger partial charge on any atom is -0.380 e. The summed E-state index contributed by atoms with van der Waals surface area (Å²) in [5.74, 6) is 0. The first kappa shape index (κ1) is 12.3. The summed E-state index contributed by atoms with van der Waals surface area (Å²) in [6.45, 7) is 2.44. The summed E-state index contributed by atoms with van der Waals surface area (Å²) in [7, 11) is 3.94. The highest BCUT2D eigenvalue weighted by Crippen LogP contribution is 2.26. The number of hydrogen-bond acceptors (Lipinski definition) is 3. The lowest BCUT2D eigenvalue weighted by molar-refractivity contribution is 0.00619. The van der Waals surface area contributed by atoms with Gasteiger partial charge in [0.1, 0.15) is 0 Å². The van der Waals surface area contributed by atoms with E-state index in [1.165, 1.54) is 45.1 Å². The average Bonchev–Trinajstić information content (AvgIpc) is 2.39. The van der Waals surface area contributed by atoms with Crippen molar-refractivity contribution in [1.29, 1.82) is 0 Å². The second-order valence-corrected chi connectivity index (χ2v) is 5.29. The molecule has 0 aromatic rings. The molecule has 0 amide bonds. The van der Waals surface area contributed by atoms with Gasteiger partial charge < -0.3 is 10.1 Å². The minimum absolute atomic E-state index is 0.482. The molecule has 0 radical (unpaired) electrons. The van der Waals surface area contributed by atoms with Crippen LogP contribution in [-0.2, 0) is 4.74 Å². The molecule has 1 aliphatic carbocycles. The van der Waals surface area contributed by atoms with Crippen molar-refractivity contribution in [3.63, 3.8) is 0 Å². The molecule has 2 aliphatic rings. The summed E-state index contributed by atoms with van der Waals surface area (Å²) in [6, 6.07) is 1.59. The predicted molar refractivity (Wildman–Crippen MR) is 66.7 cm³/mol. The zero-order valence-corrected chi connectivity index (χ0v) is 10.7. The van der Waals surface area contributed by atoms with Gasteiger partial charge in [0.05, 0.1) is 6.10 Å². The molecule has 1 N–H and O–H groups in total. The molecular weight excluding hydrogens is 200 g/mol. The maximum Gasteiger partial charge on any atom is 0.0698 e. The number of rotatable bonds is 3. The third-order valence-electron chi connectivity index (χ3n) is 4.36. The van der Waals surface area contributed by atoms with Crippen LogP contribution in [0.5, 0.6) is 0 Å². The monoisotopic (exact) mass is 226 g/mol. The predicted octanol–water partition coefficient (Wildman–Crippen LogP) is 1.63. The van der Waals surface area contributed by atoms with Gasteiger partial charge in [-0.3, -0.25) is 4.90 Å². The maximum absolute atomic E-state index is 5.50. The second-order valence-electron chi connectivity index (χ2n) is 5.29. The Balaban J connectivity index is 1.79. The number of nitrogens with one attached hydrogen (secondary N) is 1. The van der Waals surface area contributed by atoms with Gasteiger partial charge in [0.25, 0.3) is 0 Å². The van der Waals surface area contributed by atoms with E-state index in [1.54, 1.807) is 0 Å². The van der Waals surface area contributed by atoms with E-state index in [0.29, 0.717) is 6.10 Å². The Kier molecular flexibility index (Phi) is 4.62. The van der Waals surface area contributed by atoms with E-state index < -0.39 is 0 Å². The Bertz CT molecular complexity index is 202. The van der Waals surface area contributed by atoms with Crippen LogP contribution in [0.4, 0.5) is 0 Å². The third kappa shape index (κ3) is 2.96. The molecule has 0 spiro atoms. The van der Waals surface area contributed by atoms with Gasteiger partial charge >= 0.3 is 0 Å². The summed E-state index contributed by atoms with van der Waals surface area (Å²) in [4.78, 5) is 2.67. The first-order valence-electron chi connectivity index (χ1n) is 6.77. The Morgan fingerprint density at radius 1 is 1.12 bits per heavy atom. The van der Waals surface area contributed by atoms with Crippen LogP contribution in [0.1, 0.15) is 38.5 Å². The second kappa shape index (κ2) is 5.99. The fraction of sp³-hybridized carbons (Fsp3) is 1.00. The molecule has 2 rings (SSSR count). The van der Waals surface area contributed by atoms with Crippen molar-refractivity contribution in [2.75, 3.05) is 27.2 Å². The van der Waals surface area contributed by atoms with Gasteiger partial charge in [0.15, 0.2) is 0 Å². The molecule has 0 aromatic heterocycles. The van der Waals surface area contributed by atoms with Crippen molar-refractivity contribution in [2.24, 2.45) is 0 Å². The highest BCUT2D eigenvalue weighted by atomic mass is 16.5. The molecule has 1 saturated heterocycles. The van der Waals surface area contributed by atoms with Crippen LogP contribution in [0.3, 0.4) is 0 Å². The fourth-order valence-corrected chi connectivity index (χ4v) is 3.22. The summed E-state index contributed by atoms with van der Waals surface area (Å²) in [5, 5.41) is 3.40. The smallest absolute Gasteiger partial charge is 0.0698 e. The van der Waals surface area contributed by atoms with Crippen LogP contribution < -0.4 is 5.32 Å². The van der Waals surface area contributed by atoms with Gasteiger partial charge in [0, 0.05) is 25.7 Å². The summed E-state index contributed by atoms with van der Waals surface area (Å²) >= 11 is 0. The molecule has 3 nitrogen and oxygen atoms in total. The number of ether oxygens (including phenoxy) is 1. The first-order chi connectivity index (χ1) is 7.83. The van der Waals surface area contributed by atoms with E-state index in [-0.39, 0.29) is 0 Å². The van der Waals surface area contributed by atoms with E-state index in [2.05, 4.69) is 17.3 Å². The van der Waals surface area contributed by atoms with Crippen molar-refractivity contribution < 1.29 is 4.74 Å². The summed E-state index contributed by atoms with van der Waals surface area (Å²) < 4.78 is 5.50. The molecule has 1 heterocycles. The average molecular weight is 226 g/mol. The van der Waals surface area contributed by atoms with E-state index in [4.69, 9.17) is 4.74 Å². The third-order valence-corrected chi connectivity index (χ3v) is 4.36. The highest BCUT2D eigenvalue weighted by Gasteiger charge is 2.28. The summed E-state index contributed by atoms with van der Waals surface area (Å²) in [5.41, 5.74) is 0. The van der Waals surface area contributed by atoms with Crippen LogP contribution in [0.25, 0.3) is 0 Å². The normalized spacial score (nSPS) is 37.5. The Hall–Kier alpha value is -0.120. The summed E-state index contributed by atoms with van der Waals surface area (Å²) in [6.07, 6.45) is 8.45. The quantitative estimate of drug-likeness (QED) is 0.791. The van der Waals surface area contributed by atoms with Gasteiger partial charge in [-0.2, -0.15) is 0 Å². The molecule has 0 bridgehead atoms. The van der Waals surface area contributed by atoms with Gasteiger partial charge in [-0.05, 0) is 52.1 Å². The minimum atomic E-state index is 0.482. The fourth-order valence-electron chi connectivity index (χ4n) is 3.22. The Labute approximate surface area is 99.5 Å². The van der Waals surface area contributed by atoms with E-state index in [9.17, 15) is 0 Å². The molecule has 3 heteroatoms. The van der Waals surface area contributed by atoms with E-state index >= 15 is 0 Å². The van der Waals surface area contributed by atoms with Crippen LogP contribution in [0.2, 0.25) is 0 Å². The number of piperidine rings is 1. The zero-order valence-electron chi connectivity index (χ0n) is 10.7. The van der Waals surface area contributed by atoms with Crippen molar-refractivity contribution in [2.45, 2.75) is 56.7 Å². The van der Waals surface area contributed by atoms with E-state index in [1.807, 2.05) is 7.11 Å².